The second-order valence-corrected chi connectivity index (χ2v) is 4.46. The van der Waals surface area contributed by atoms with Gasteiger partial charge in [-0.05, 0) is 42.0 Å². The molecule has 0 fully saturated rings. The molecule has 0 aliphatic carbocycles. The molecule has 2 aromatic rings. The summed E-state index contributed by atoms with van der Waals surface area (Å²) in [7, 11) is 0. The predicted octanol–water partition coefficient (Wildman–Crippen LogP) is 2.88. The number of carbonyl (C=O) groups excluding carboxylic acids is 1. The van der Waals surface area contributed by atoms with Gasteiger partial charge in [-0.1, -0.05) is 12.1 Å². The highest BCUT2D eigenvalue weighted by atomic mass is 19.1. The molecule has 0 spiro atoms. The van der Waals surface area contributed by atoms with Crippen LogP contribution in [-0.2, 0) is 11.3 Å². The van der Waals surface area contributed by atoms with Crippen LogP contribution in [0.5, 0.6) is 0 Å². The van der Waals surface area contributed by atoms with E-state index in [1.165, 1.54) is 6.08 Å². The summed E-state index contributed by atoms with van der Waals surface area (Å²) in [6.45, 7) is -0.0797. The van der Waals surface area contributed by atoms with Crippen molar-refractivity contribution in [1.82, 2.24) is 5.32 Å². The summed E-state index contributed by atoms with van der Waals surface area (Å²) in [6, 6.07) is 10.1. The topological polar surface area (TPSA) is 55.1 Å². The average molecular weight is 288 g/mol. The van der Waals surface area contributed by atoms with E-state index in [2.05, 4.69) is 5.32 Å². The molecule has 5 heteroatoms. The number of nitrogens with one attached hydrogen (secondary N) is 1. The lowest BCUT2D eigenvalue weighted by Gasteiger charge is -2.04. The summed E-state index contributed by atoms with van der Waals surface area (Å²) >= 11 is 0. The third kappa shape index (κ3) is 4.42. The molecule has 21 heavy (non-hydrogen) atoms. The Morgan fingerprint density at radius 3 is 2.76 bits per heavy atom. The molecular weight excluding hydrogens is 274 g/mol. The molecule has 0 heterocycles. The van der Waals surface area contributed by atoms with Crippen LogP contribution < -0.4 is 11.1 Å². The van der Waals surface area contributed by atoms with Crippen molar-refractivity contribution in [1.29, 1.82) is 0 Å². The molecule has 3 nitrogen and oxygen atoms in total. The number of hydrogen-bond acceptors (Lipinski definition) is 2. The molecular formula is C16H14F2N2O. The van der Waals surface area contributed by atoms with Gasteiger partial charge in [-0.25, -0.2) is 8.78 Å². The Balaban J connectivity index is 1.94. The molecule has 0 aromatic heterocycles. The molecule has 0 saturated heterocycles. The first kappa shape index (κ1) is 14.7. The van der Waals surface area contributed by atoms with Crippen LogP contribution in [0.4, 0.5) is 14.5 Å². The highest BCUT2D eigenvalue weighted by Gasteiger charge is 2.04. The first-order valence-corrected chi connectivity index (χ1v) is 6.30. The molecule has 2 aromatic carbocycles. The van der Waals surface area contributed by atoms with Gasteiger partial charge in [-0.2, -0.15) is 0 Å². The minimum absolute atomic E-state index is 0.0797. The minimum atomic E-state index is -0.559. The SMILES string of the molecule is Nc1cccc(/C=C/C(=O)NCc2cc(F)ccc2F)c1. The molecule has 3 N–H and O–H groups in total. The van der Waals surface area contributed by atoms with E-state index < -0.39 is 17.5 Å². The van der Waals surface area contributed by atoms with Gasteiger partial charge in [0.05, 0.1) is 0 Å². The lowest BCUT2D eigenvalue weighted by Crippen LogP contribution is -2.21. The summed E-state index contributed by atoms with van der Waals surface area (Å²) in [6.07, 6.45) is 2.90. The van der Waals surface area contributed by atoms with Gasteiger partial charge < -0.3 is 11.1 Å². The third-order valence-corrected chi connectivity index (χ3v) is 2.80. The lowest BCUT2D eigenvalue weighted by molar-refractivity contribution is -0.116. The maximum Gasteiger partial charge on any atom is 0.244 e. The fraction of sp³-hybridized carbons (Fsp3) is 0.0625. The smallest absolute Gasteiger partial charge is 0.244 e. The quantitative estimate of drug-likeness (QED) is 0.671. The van der Waals surface area contributed by atoms with Gasteiger partial charge in [0.1, 0.15) is 11.6 Å². The zero-order valence-corrected chi connectivity index (χ0v) is 11.1. The van der Waals surface area contributed by atoms with Gasteiger partial charge in [-0.15, -0.1) is 0 Å². The summed E-state index contributed by atoms with van der Waals surface area (Å²) < 4.78 is 26.3. The number of rotatable bonds is 4. The van der Waals surface area contributed by atoms with Crippen molar-refractivity contribution in [2.45, 2.75) is 6.54 Å². The van der Waals surface area contributed by atoms with E-state index in [0.717, 1.165) is 23.8 Å². The van der Waals surface area contributed by atoms with Gasteiger partial charge in [0.2, 0.25) is 5.91 Å². The van der Waals surface area contributed by atoms with E-state index in [1.807, 2.05) is 0 Å². The van der Waals surface area contributed by atoms with Crippen molar-refractivity contribution in [3.05, 3.63) is 71.3 Å². The van der Waals surface area contributed by atoms with Crippen LogP contribution in [-0.4, -0.2) is 5.91 Å². The summed E-state index contributed by atoms with van der Waals surface area (Å²) in [5.41, 5.74) is 7.09. The standard InChI is InChI=1S/C16H14F2N2O/c17-13-5-6-15(18)12(9-13)10-20-16(21)7-4-11-2-1-3-14(19)8-11/h1-9H,10,19H2,(H,20,21)/b7-4+. The molecule has 1 amide bonds. The molecule has 2 rings (SSSR count). The largest absolute Gasteiger partial charge is 0.399 e. The maximum atomic E-state index is 13.4. The van der Waals surface area contributed by atoms with Crippen LogP contribution in [0.2, 0.25) is 0 Å². The van der Waals surface area contributed by atoms with Crippen LogP contribution >= 0.6 is 0 Å². The highest BCUT2D eigenvalue weighted by Crippen LogP contribution is 2.10. The summed E-state index contributed by atoms with van der Waals surface area (Å²) in [5.74, 6) is -1.51. The third-order valence-electron chi connectivity index (χ3n) is 2.80. The van der Waals surface area contributed by atoms with Gasteiger partial charge >= 0.3 is 0 Å². The molecule has 0 radical (unpaired) electrons. The van der Waals surface area contributed by atoms with Crippen LogP contribution in [0.1, 0.15) is 11.1 Å². The summed E-state index contributed by atoms with van der Waals surface area (Å²) in [4.78, 5) is 11.6. The Kier molecular flexibility index (Phi) is 4.66. The van der Waals surface area contributed by atoms with Crippen molar-refractivity contribution in [3.8, 4) is 0 Å². The minimum Gasteiger partial charge on any atom is -0.399 e. The van der Waals surface area contributed by atoms with Gasteiger partial charge in [0.25, 0.3) is 0 Å². The Morgan fingerprint density at radius 1 is 1.19 bits per heavy atom. The maximum absolute atomic E-state index is 13.4. The second-order valence-electron chi connectivity index (χ2n) is 4.46. The van der Waals surface area contributed by atoms with E-state index in [9.17, 15) is 13.6 Å². The molecule has 0 bridgehead atoms. The van der Waals surface area contributed by atoms with E-state index in [0.29, 0.717) is 5.69 Å². The van der Waals surface area contributed by atoms with Crippen LogP contribution in [0.25, 0.3) is 6.08 Å². The molecule has 0 atom stereocenters. The van der Waals surface area contributed by atoms with E-state index in [-0.39, 0.29) is 12.1 Å². The first-order chi connectivity index (χ1) is 10.0. The number of hydrogen-bond donors (Lipinski definition) is 2. The van der Waals surface area contributed by atoms with Crippen LogP contribution in [0, 0.1) is 11.6 Å². The van der Waals surface area contributed by atoms with Crippen molar-refractivity contribution < 1.29 is 13.6 Å². The summed E-state index contributed by atoms with van der Waals surface area (Å²) in [5, 5.41) is 2.49. The van der Waals surface area contributed by atoms with Crippen LogP contribution in [0.15, 0.2) is 48.5 Å². The Labute approximate surface area is 121 Å². The van der Waals surface area contributed by atoms with E-state index in [1.54, 1.807) is 30.3 Å². The number of carbonyl (C=O) groups is 1. The van der Waals surface area contributed by atoms with Gasteiger partial charge in [0, 0.05) is 23.9 Å². The number of halogens is 2. The predicted molar refractivity (Wildman–Crippen MR) is 78.1 cm³/mol. The fourth-order valence-electron chi connectivity index (χ4n) is 1.75. The number of nitrogens with two attached hydrogens (primary N) is 1. The van der Waals surface area contributed by atoms with E-state index in [4.69, 9.17) is 5.73 Å². The van der Waals surface area contributed by atoms with Gasteiger partial charge in [-0.3, -0.25) is 4.79 Å². The fourth-order valence-corrected chi connectivity index (χ4v) is 1.75. The molecule has 0 saturated carbocycles. The molecule has 108 valence electrons. The van der Waals surface area contributed by atoms with Crippen molar-refractivity contribution in [2.75, 3.05) is 5.73 Å². The Morgan fingerprint density at radius 2 is 2.00 bits per heavy atom. The normalized spacial score (nSPS) is 10.8. The molecule has 0 aliphatic heterocycles. The Bertz CT molecular complexity index is 684. The van der Waals surface area contributed by atoms with Crippen molar-refractivity contribution >= 4 is 17.7 Å². The molecule has 0 unspecified atom stereocenters. The lowest BCUT2D eigenvalue weighted by atomic mass is 10.2. The number of benzene rings is 2. The number of nitrogen functional groups attached to an aromatic ring is 1. The van der Waals surface area contributed by atoms with Crippen molar-refractivity contribution in [2.24, 2.45) is 0 Å². The zero-order valence-electron chi connectivity index (χ0n) is 11.1. The Hall–Kier alpha value is -2.69. The molecule has 0 aliphatic rings. The monoisotopic (exact) mass is 288 g/mol. The van der Waals surface area contributed by atoms with Crippen molar-refractivity contribution in [3.63, 3.8) is 0 Å². The first-order valence-electron chi connectivity index (χ1n) is 6.30. The highest BCUT2D eigenvalue weighted by molar-refractivity contribution is 5.91. The number of amides is 1. The zero-order chi connectivity index (χ0) is 15.2. The van der Waals surface area contributed by atoms with E-state index >= 15 is 0 Å². The second kappa shape index (κ2) is 6.65. The van der Waals surface area contributed by atoms with Crippen LogP contribution in [0.3, 0.4) is 0 Å². The average Bonchev–Trinajstić information content (AvgIpc) is 2.46. The number of anilines is 1. The van der Waals surface area contributed by atoms with Gasteiger partial charge in [0.15, 0.2) is 0 Å².